The largest absolute Gasteiger partial charge is 0.497 e. The number of hydrogen-bond donors (Lipinski definition) is 1. The SMILES string of the molecule is COc1cccc(Cc2nnc3sc(CC(=O)O)nn3c2=O)c1. The minimum atomic E-state index is -1.01. The summed E-state index contributed by atoms with van der Waals surface area (Å²) in [5.41, 5.74) is 0.699. The fourth-order valence-electron chi connectivity index (χ4n) is 2.07. The van der Waals surface area contributed by atoms with Crippen LogP contribution in [0.3, 0.4) is 0 Å². The molecule has 8 nitrogen and oxygen atoms in total. The molecule has 0 aliphatic carbocycles. The lowest BCUT2D eigenvalue weighted by molar-refractivity contribution is -0.136. The Morgan fingerprint density at radius 3 is 2.96 bits per heavy atom. The van der Waals surface area contributed by atoms with E-state index in [0.717, 1.165) is 21.4 Å². The van der Waals surface area contributed by atoms with Crippen molar-refractivity contribution in [3.05, 3.63) is 50.9 Å². The molecule has 0 unspecified atom stereocenters. The first-order chi connectivity index (χ1) is 11.1. The van der Waals surface area contributed by atoms with Gasteiger partial charge in [-0.2, -0.15) is 9.61 Å². The third kappa shape index (κ3) is 3.19. The summed E-state index contributed by atoms with van der Waals surface area (Å²) in [5.74, 6) is -0.323. The summed E-state index contributed by atoms with van der Waals surface area (Å²) < 4.78 is 6.25. The van der Waals surface area contributed by atoms with Crippen molar-refractivity contribution in [3.8, 4) is 5.75 Å². The van der Waals surface area contributed by atoms with Gasteiger partial charge in [0.25, 0.3) is 5.56 Å². The van der Waals surface area contributed by atoms with E-state index in [1.54, 1.807) is 7.11 Å². The average molecular weight is 332 g/mol. The molecule has 23 heavy (non-hydrogen) atoms. The first-order valence-corrected chi connectivity index (χ1v) is 7.47. The lowest BCUT2D eigenvalue weighted by Gasteiger charge is -2.03. The van der Waals surface area contributed by atoms with Crippen LogP contribution >= 0.6 is 11.3 Å². The van der Waals surface area contributed by atoms with E-state index in [1.165, 1.54) is 0 Å². The summed E-state index contributed by atoms with van der Waals surface area (Å²) >= 11 is 1.04. The van der Waals surface area contributed by atoms with Crippen LogP contribution < -0.4 is 10.3 Å². The van der Waals surface area contributed by atoms with Crippen molar-refractivity contribution in [1.29, 1.82) is 0 Å². The van der Waals surface area contributed by atoms with Gasteiger partial charge in [-0.25, -0.2) is 0 Å². The number of ether oxygens (including phenoxy) is 1. The number of fused-ring (bicyclic) bond motifs is 1. The van der Waals surface area contributed by atoms with Gasteiger partial charge in [0.05, 0.1) is 13.5 Å². The molecule has 0 bridgehead atoms. The number of carbonyl (C=O) groups is 1. The van der Waals surface area contributed by atoms with Crippen molar-refractivity contribution < 1.29 is 14.6 Å². The molecule has 0 atom stereocenters. The standard InChI is InChI=1S/C14H12N4O4S/c1-22-9-4-2-3-8(5-9)6-10-13(21)18-14(16-15-10)23-11(17-18)7-12(19)20/h2-5H,6-7H2,1H3,(H,19,20). The van der Waals surface area contributed by atoms with Crippen LogP contribution in [0.4, 0.5) is 0 Å². The van der Waals surface area contributed by atoms with Gasteiger partial charge in [-0.05, 0) is 17.7 Å². The van der Waals surface area contributed by atoms with E-state index in [9.17, 15) is 9.59 Å². The molecule has 2 heterocycles. The molecular weight excluding hydrogens is 320 g/mol. The zero-order chi connectivity index (χ0) is 16.4. The van der Waals surface area contributed by atoms with Crippen molar-refractivity contribution in [1.82, 2.24) is 19.8 Å². The molecule has 3 rings (SSSR count). The molecule has 9 heteroatoms. The van der Waals surface area contributed by atoms with Crippen LogP contribution in [0, 0.1) is 0 Å². The number of hydrogen-bond acceptors (Lipinski definition) is 7. The molecule has 0 amide bonds. The molecule has 0 aliphatic heterocycles. The number of benzene rings is 1. The normalized spacial score (nSPS) is 10.8. The molecule has 1 aromatic carbocycles. The molecule has 2 aromatic heterocycles. The fourth-order valence-corrected chi connectivity index (χ4v) is 2.89. The van der Waals surface area contributed by atoms with Gasteiger partial charge in [0.1, 0.15) is 16.5 Å². The van der Waals surface area contributed by atoms with Crippen LogP contribution in [0.1, 0.15) is 16.3 Å². The van der Waals surface area contributed by atoms with E-state index in [2.05, 4.69) is 15.3 Å². The molecule has 0 aliphatic rings. The van der Waals surface area contributed by atoms with Gasteiger partial charge in [0, 0.05) is 6.42 Å². The van der Waals surface area contributed by atoms with E-state index in [-0.39, 0.29) is 23.5 Å². The Hall–Kier alpha value is -2.81. The highest BCUT2D eigenvalue weighted by atomic mass is 32.1. The van der Waals surface area contributed by atoms with Gasteiger partial charge in [-0.1, -0.05) is 23.5 Å². The highest BCUT2D eigenvalue weighted by Gasteiger charge is 2.14. The molecule has 1 N–H and O–H groups in total. The van der Waals surface area contributed by atoms with E-state index in [4.69, 9.17) is 9.84 Å². The molecule has 118 valence electrons. The third-order valence-electron chi connectivity index (χ3n) is 3.11. The number of rotatable bonds is 5. The van der Waals surface area contributed by atoms with E-state index in [0.29, 0.717) is 10.8 Å². The third-order valence-corrected chi connectivity index (χ3v) is 4.00. The summed E-state index contributed by atoms with van der Waals surface area (Å²) in [6.07, 6.45) is 0.0381. The van der Waals surface area contributed by atoms with Crippen LogP contribution in [0.15, 0.2) is 29.1 Å². The van der Waals surface area contributed by atoms with Gasteiger partial charge in [0.15, 0.2) is 0 Å². The lowest BCUT2D eigenvalue weighted by atomic mass is 10.1. The Bertz CT molecular complexity index is 934. The Morgan fingerprint density at radius 1 is 1.39 bits per heavy atom. The highest BCUT2D eigenvalue weighted by Crippen LogP contribution is 2.15. The summed E-state index contributed by atoms with van der Waals surface area (Å²) in [6.45, 7) is 0. The molecule has 0 radical (unpaired) electrons. The Balaban J connectivity index is 1.96. The quantitative estimate of drug-likeness (QED) is 0.735. The topological polar surface area (TPSA) is 107 Å². The Morgan fingerprint density at radius 2 is 2.22 bits per heavy atom. The molecule has 0 spiro atoms. The maximum atomic E-state index is 12.4. The molecule has 0 fully saturated rings. The number of carboxylic acids is 1. The second kappa shape index (κ2) is 6.13. The summed E-state index contributed by atoms with van der Waals surface area (Å²) in [5, 5.41) is 21.0. The monoisotopic (exact) mass is 332 g/mol. The maximum absolute atomic E-state index is 12.4. The number of aromatic nitrogens is 4. The van der Waals surface area contributed by atoms with Crippen molar-refractivity contribution >= 4 is 22.3 Å². The lowest BCUT2D eigenvalue weighted by Crippen LogP contribution is -2.22. The minimum Gasteiger partial charge on any atom is -0.497 e. The van der Waals surface area contributed by atoms with Gasteiger partial charge in [-0.3, -0.25) is 9.59 Å². The highest BCUT2D eigenvalue weighted by molar-refractivity contribution is 7.16. The van der Waals surface area contributed by atoms with Crippen molar-refractivity contribution in [3.63, 3.8) is 0 Å². The first kappa shape index (κ1) is 15.1. The second-order valence-corrected chi connectivity index (χ2v) is 5.78. The van der Waals surface area contributed by atoms with E-state index in [1.807, 2.05) is 24.3 Å². The van der Waals surface area contributed by atoms with Gasteiger partial charge in [0.2, 0.25) is 4.96 Å². The Labute approximate surface area is 134 Å². The predicted octanol–water partition coefficient (Wildman–Crippen LogP) is 0.772. The summed E-state index contributed by atoms with van der Waals surface area (Å²) in [6, 6.07) is 7.30. The molecule has 0 saturated heterocycles. The zero-order valence-electron chi connectivity index (χ0n) is 12.1. The summed E-state index contributed by atoms with van der Waals surface area (Å²) in [4.78, 5) is 23.4. The van der Waals surface area contributed by atoms with E-state index >= 15 is 0 Å². The van der Waals surface area contributed by atoms with Gasteiger partial charge < -0.3 is 9.84 Å². The molecule has 0 saturated carbocycles. The van der Waals surface area contributed by atoms with E-state index < -0.39 is 11.5 Å². The first-order valence-electron chi connectivity index (χ1n) is 6.66. The number of nitrogens with zero attached hydrogens (tertiary/aromatic N) is 4. The van der Waals surface area contributed by atoms with Crippen LogP contribution in [-0.4, -0.2) is 38.0 Å². The van der Waals surface area contributed by atoms with Gasteiger partial charge in [-0.15, -0.1) is 10.2 Å². The van der Waals surface area contributed by atoms with Crippen LogP contribution in [0.2, 0.25) is 0 Å². The molecular formula is C14H12N4O4S. The molecule has 3 aromatic rings. The fraction of sp³-hybridized carbons (Fsp3) is 0.214. The maximum Gasteiger partial charge on any atom is 0.310 e. The van der Waals surface area contributed by atoms with Crippen molar-refractivity contribution in [2.45, 2.75) is 12.8 Å². The summed E-state index contributed by atoms with van der Waals surface area (Å²) in [7, 11) is 1.57. The van der Waals surface area contributed by atoms with Crippen LogP contribution in [0.5, 0.6) is 5.75 Å². The Kier molecular flexibility index (Phi) is 4.02. The second-order valence-electron chi connectivity index (χ2n) is 4.74. The predicted molar refractivity (Wildman–Crippen MR) is 82.1 cm³/mol. The number of methoxy groups -OCH3 is 1. The van der Waals surface area contributed by atoms with Crippen molar-refractivity contribution in [2.75, 3.05) is 7.11 Å². The van der Waals surface area contributed by atoms with Crippen LogP contribution in [0.25, 0.3) is 4.96 Å². The van der Waals surface area contributed by atoms with Crippen LogP contribution in [-0.2, 0) is 17.6 Å². The van der Waals surface area contributed by atoms with Gasteiger partial charge >= 0.3 is 5.97 Å². The smallest absolute Gasteiger partial charge is 0.310 e. The van der Waals surface area contributed by atoms with Crippen molar-refractivity contribution in [2.24, 2.45) is 0 Å². The number of aliphatic carboxylic acids is 1. The number of carboxylic acid groups (broad SMARTS) is 1. The zero-order valence-corrected chi connectivity index (χ0v) is 12.9. The minimum absolute atomic E-state index is 0.239. The average Bonchev–Trinajstić information content (AvgIpc) is 2.93.